The fourth-order valence-corrected chi connectivity index (χ4v) is 0.875. The first-order valence-electron chi connectivity index (χ1n) is 3.70. The third-order valence-corrected chi connectivity index (χ3v) is 1.51. The second-order valence-corrected chi connectivity index (χ2v) is 2.56. The molecule has 0 spiro atoms. The molecule has 0 fully saturated rings. The van der Waals surface area contributed by atoms with Gasteiger partial charge in [-0.1, -0.05) is 24.0 Å². The number of hydrogen-bond acceptors (Lipinski definition) is 1. The highest BCUT2D eigenvalue weighted by Gasteiger charge is 1.94. The van der Waals surface area contributed by atoms with E-state index in [1.54, 1.807) is 0 Å². The van der Waals surface area contributed by atoms with Gasteiger partial charge in [-0.2, -0.15) is 0 Å². The van der Waals surface area contributed by atoms with Crippen molar-refractivity contribution in [1.82, 2.24) is 0 Å². The van der Waals surface area contributed by atoms with Gasteiger partial charge in [-0.05, 0) is 24.8 Å². The summed E-state index contributed by atoms with van der Waals surface area (Å²) in [6.45, 7) is 2.06. The summed E-state index contributed by atoms with van der Waals surface area (Å²) < 4.78 is 0. The largest absolute Gasteiger partial charge is 0.313 e. The van der Waals surface area contributed by atoms with Crippen molar-refractivity contribution in [2.45, 2.75) is 13.3 Å². The van der Waals surface area contributed by atoms with E-state index in [-0.39, 0.29) is 0 Å². The molecule has 0 aromatic rings. The molecule has 1 aliphatic carbocycles. The van der Waals surface area contributed by atoms with Crippen LogP contribution in [0.15, 0.2) is 23.8 Å². The van der Waals surface area contributed by atoms with E-state index in [1.807, 2.05) is 12.2 Å². The molecular formula is C10H11N. The van der Waals surface area contributed by atoms with Crippen LogP contribution in [0.25, 0.3) is 0 Å². The van der Waals surface area contributed by atoms with Gasteiger partial charge in [-0.15, -0.1) is 0 Å². The summed E-state index contributed by atoms with van der Waals surface area (Å²) in [6, 6.07) is 0. The summed E-state index contributed by atoms with van der Waals surface area (Å²) in [5.41, 5.74) is 1.12. The van der Waals surface area contributed by atoms with Crippen LogP contribution in [-0.2, 0) is 0 Å². The fraction of sp³-hybridized carbons (Fsp3) is 0.300. The van der Waals surface area contributed by atoms with Gasteiger partial charge in [0.1, 0.15) is 0 Å². The maximum absolute atomic E-state index is 6.91. The van der Waals surface area contributed by atoms with Crippen molar-refractivity contribution in [2.75, 3.05) is 0 Å². The van der Waals surface area contributed by atoms with E-state index in [0.29, 0.717) is 12.3 Å². The predicted octanol–water partition coefficient (Wildman–Crippen LogP) is 2.16. The Labute approximate surface area is 67.3 Å². The molecule has 1 aliphatic rings. The lowest BCUT2D eigenvalue weighted by Gasteiger charge is -1.92. The van der Waals surface area contributed by atoms with E-state index >= 15 is 0 Å². The highest BCUT2D eigenvalue weighted by molar-refractivity contribution is 5.60. The Bertz CT molecular complexity index is 260. The topological polar surface area (TPSA) is 23.9 Å². The number of rotatable bonds is 2. The molecule has 0 heterocycles. The van der Waals surface area contributed by atoms with Gasteiger partial charge in [0.25, 0.3) is 0 Å². The number of hydrogen-bond donors (Lipinski definition) is 1. The Kier molecular flexibility index (Phi) is 2.68. The van der Waals surface area contributed by atoms with Crippen LogP contribution in [0.2, 0.25) is 0 Å². The Hall–Kier alpha value is -1.29. The van der Waals surface area contributed by atoms with Gasteiger partial charge in [0, 0.05) is 12.3 Å². The van der Waals surface area contributed by atoms with Crippen molar-refractivity contribution in [3.05, 3.63) is 23.8 Å². The summed E-state index contributed by atoms with van der Waals surface area (Å²) in [6.07, 6.45) is 8.06. The summed E-state index contributed by atoms with van der Waals surface area (Å²) in [5.74, 6) is 6.34. The lowest BCUT2D eigenvalue weighted by atomic mass is 10.1. The molecular weight excluding hydrogens is 134 g/mol. The molecule has 56 valence electrons. The SMILES string of the molecule is C[C@H]1C#CC=C(CC=N)C=C1. The van der Waals surface area contributed by atoms with Crippen LogP contribution in [0.3, 0.4) is 0 Å². The fourth-order valence-electron chi connectivity index (χ4n) is 0.875. The molecule has 1 heteroatoms. The first-order chi connectivity index (χ1) is 5.33. The standard InChI is InChI=1S/C10H11N/c1-9-3-2-4-10(6-5-9)7-8-11/h4-6,8-9,11H,7H2,1H3/t9-/m0/s1. The van der Waals surface area contributed by atoms with Crippen molar-refractivity contribution in [3.8, 4) is 11.8 Å². The monoisotopic (exact) mass is 145 g/mol. The average molecular weight is 145 g/mol. The lowest BCUT2D eigenvalue weighted by Crippen LogP contribution is -1.81. The summed E-state index contributed by atoms with van der Waals surface area (Å²) in [7, 11) is 0. The molecule has 1 atom stereocenters. The molecule has 0 aliphatic heterocycles. The molecule has 1 rings (SSSR count). The molecule has 11 heavy (non-hydrogen) atoms. The van der Waals surface area contributed by atoms with Crippen LogP contribution < -0.4 is 0 Å². The normalized spacial score (nSPS) is 21.2. The first-order valence-corrected chi connectivity index (χ1v) is 3.70. The van der Waals surface area contributed by atoms with E-state index in [0.717, 1.165) is 5.57 Å². The van der Waals surface area contributed by atoms with E-state index in [1.165, 1.54) is 6.21 Å². The number of allylic oxidation sites excluding steroid dienone is 4. The van der Waals surface area contributed by atoms with Gasteiger partial charge in [-0.25, -0.2) is 0 Å². The maximum atomic E-state index is 6.91. The van der Waals surface area contributed by atoms with Gasteiger partial charge < -0.3 is 5.41 Å². The van der Waals surface area contributed by atoms with Crippen LogP contribution in [0.1, 0.15) is 13.3 Å². The zero-order valence-electron chi connectivity index (χ0n) is 6.59. The van der Waals surface area contributed by atoms with Crippen LogP contribution in [-0.4, -0.2) is 6.21 Å². The highest BCUT2D eigenvalue weighted by atomic mass is 14.3. The second-order valence-electron chi connectivity index (χ2n) is 2.56. The van der Waals surface area contributed by atoms with Gasteiger partial charge >= 0.3 is 0 Å². The maximum Gasteiger partial charge on any atom is 0.0361 e. The molecule has 0 amide bonds. The van der Waals surface area contributed by atoms with Crippen molar-refractivity contribution in [1.29, 1.82) is 5.41 Å². The molecule has 0 bridgehead atoms. The third kappa shape index (κ3) is 2.43. The molecule has 0 radical (unpaired) electrons. The molecule has 0 unspecified atom stereocenters. The Balaban J connectivity index is 2.72. The highest BCUT2D eigenvalue weighted by Crippen LogP contribution is 2.07. The van der Waals surface area contributed by atoms with E-state index < -0.39 is 0 Å². The Morgan fingerprint density at radius 3 is 3.27 bits per heavy atom. The van der Waals surface area contributed by atoms with Crippen LogP contribution in [0.5, 0.6) is 0 Å². The molecule has 0 saturated carbocycles. The third-order valence-electron chi connectivity index (χ3n) is 1.51. The van der Waals surface area contributed by atoms with Crippen molar-refractivity contribution >= 4 is 6.21 Å². The zero-order valence-corrected chi connectivity index (χ0v) is 6.59. The number of nitrogens with one attached hydrogen (secondary N) is 1. The summed E-state index contributed by atoms with van der Waals surface area (Å²) in [5, 5.41) is 6.91. The minimum Gasteiger partial charge on any atom is -0.313 e. The average Bonchev–Trinajstić information content (AvgIpc) is 2.17. The zero-order chi connectivity index (χ0) is 8.10. The van der Waals surface area contributed by atoms with Crippen molar-refractivity contribution < 1.29 is 0 Å². The quantitative estimate of drug-likeness (QED) is 0.455. The van der Waals surface area contributed by atoms with E-state index in [4.69, 9.17) is 5.41 Å². The first kappa shape index (κ1) is 7.81. The molecule has 0 saturated heterocycles. The molecule has 1 nitrogen and oxygen atoms in total. The van der Waals surface area contributed by atoms with Crippen molar-refractivity contribution in [2.24, 2.45) is 5.92 Å². The molecule has 0 aromatic heterocycles. The lowest BCUT2D eigenvalue weighted by molar-refractivity contribution is 0.980. The Morgan fingerprint density at radius 1 is 1.73 bits per heavy atom. The van der Waals surface area contributed by atoms with Crippen LogP contribution in [0.4, 0.5) is 0 Å². The second kappa shape index (κ2) is 3.78. The molecule has 1 N–H and O–H groups in total. The molecule has 0 aromatic carbocycles. The van der Waals surface area contributed by atoms with E-state index in [2.05, 4.69) is 24.8 Å². The predicted molar refractivity (Wildman–Crippen MR) is 47.6 cm³/mol. The summed E-state index contributed by atoms with van der Waals surface area (Å²) in [4.78, 5) is 0. The van der Waals surface area contributed by atoms with Gasteiger partial charge in [-0.3, -0.25) is 0 Å². The minimum atomic E-state index is 0.342. The van der Waals surface area contributed by atoms with Crippen LogP contribution >= 0.6 is 0 Å². The van der Waals surface area contributed by atoms with Gasteiger partial charge in [0.15, 0.2) is 0 Å². The van der Waals surface area contributed by atoms with Gasteiger partial charge in [0.05, 0.1) is 0 Å². The minimum absolute atomic E-state index is 0.342. The Morgan fingerprint density at radius 2 is 2.55 bits per heavy atom. The smallest absolute Gasteiger partial charge is 0.0361 e. The van der Waals surface area contributed by atoms with Crippen LogP contribution in [0, 0.1) is 23.2 Å². The summed E-state index contributed by atoms with van der Waals surface area (Å²) >= 11 is 0. The van der Waals surface area contributed by atoms with E-state index in [9.17, 15) is 0 Å². The van der Waals surface area contributed by atoms with Gasteiger partial charge in [0.2, 0.25) is 0 Å². The van der Waals surface area contributed by atoms with Crippen molar-refractivity contribution in [3.63, 3.8) is 0 Å².